The quantitative estimate of drug-likeness (QED) is 0.498. The van der Waals surface area contributed by atoms with Crippen molar-refractivity contribution in [2.24, 2.45) is 28.1 Å². The molecule has 1 rings (SSSR count). The molecule has 25 heavy (non-hydrogen) atoms. The summed E-state index contributed by atoms with van der Waals surface area (Å²) in [4.78, 5) is 12.7. The molecule has 1 aliphatic rings. The maximum Gasteiger partial charge on any atom is 0.312 e. The molecule has 1 aliphatic carbocycles. The molecular weight excluding hydrogens is 308 g/mol. The van der Waals surface area contributed by atoms with Crippen LogP contribution in [0, 0.1) is 28.1 Å². The van der Waals surface area contributed by atoms with Crippen LogP contribution in [0.15, 0.2) is 0 Å². The van der Waals surface area contributed by atoms with Crippen molar-refractivity contribution in [2.75, 3.05) is 0 Å². The lowest BCUT2D eigenvalue weighted by molar-refractivity contribution is -0.170. The van der Waals surface area contributed by atoms with Gasteiger partial charge in [0.25, 0.3) is 0 Å². The van der Waals surface area contributed by atoms with Crippen LogP contribution in [0.25, 0.3) is 0 Å². The molecule has 1 fully saturated rings. The van der Waals surface area contributed by atoms with E-state index in [0.717, 1.165) is 31.1 Å². The second-order valence-electron chi connectivity index (χ2n) is 10.9. The lowest BCUT2D eigenvalue weighted by atomic mass is 9.66. The molecule has 0 aromatic carbocycles. The summed E-state index contributed by atoms with van der Waals surface area (Å²) in [6.45, 7) is 24.0. The van der Waals surface area contributed by atoms with Crippen LogP contribution < -0.4 is 0 Å². The average Bonchev–Trinajstić information content (AvgIpc) is 2.44. The van der Waals surface area contributed by atoms with Gasteiger partial charge in [-0.25, -0.2) is 0 Å². The largest absolute Gasteiger partial charge is 0.462 e. The van der Waals surface area contributed by atoms with E-state index in [1.807, 2.05) is 0 Å². The Morgan fingerprint density at radius 3 is 1.60 bits per heavy atom. The minimum absolute atomic E-state index is 0.00305. The highest BCUT2D eigenvalue weighted by Gasteiger charge is 2.45. The van der Waals surface area contributed by atoms with E-state index in [-0.39, 0.29) is 17.5 Å². The lowest BCUT2D eigenvalue weighted by Crippen LogP contribution is -2.43. The first-order chi connectivity index (χ1) is 11.1. The van der Waals surface area contributed by atoms with Gasteiger partial charge >= 0.3 is 5.97 Å². The summed E-state index contributed by atoms with van der Waals surface area (Å²) < 4.78 is 5.90. The van der Waals surface area contributed by atoms with E-state index >= 15 is 0 Å². The van der Waals surface area contributed by atoms with Crippen LogP contribution in [-0.4, -0.2) is 12.1 Å². The van der Waals surface area contributed by atoms with Gasteiger partial charge in [-0.2, -0.15) is 0 Å². The van der Waals surface area contributed by atoms with Crippen molar-refractivity contribution in [2.45, 2.75) is 114 Å². The first-order valence-electron chi connectivity index (χ1n) is 10.4. The molecule has 0 saturated heterocycles. The molecule has 2 heteroatoms. The maximum atomic E-state index is 12.7. The number of carbonyl (C=O) groups is 1. The molecule has 0 heterocycles. The molecule has 150 valence electrons. The van der Waals surface area contributed by atoms with Crippen LogP contribution in [0.2, 0.25) is 0 Å². The third-order valence-electron chi connectivity index (χ3n) is 5.99. The second-order valence-corrected chi connectivity index (χ2v) is 10.9. The molecule has 1 atom stereocenters. The van der Waals surface area contributed by atoms with Crippen LogP contribution in [0.4, 0.5) is 0 Å². The summed E-state index contributed by atoms with van der Waals surface area (Å²) in [5, 5.41) is 0. The molecule has 0 N–H and O–H groups in total. The fourth-order valence-electron chi connectivity index (χ4n) is 3.31. The summed E-state index contributed by atoms with van der Waals surface area (Å²) in [7, 11) is 0. The summed E-state index contributed by atoms with van der Waals surface area (Å²) in [6.07, 6.45) is 5.37. The predicted molar refractivity (Wildman–Crippen MR) is 110 cm³/mol. The Morgan fingerprint density at radius 1 is 0.920 bits per heavy atom. The average molecular weight is 355 g/mol. The molecule has 0 aromatic rings. The topological polar surface area (TPSA) is 26.3 Å². The van der Waals surface area contributed by atoms with Crippen molar-refractivity contribution in [1.82, 2.24) is 0 Å². The van der Waals surface area contributed by atoms with Gasteiger partial charge < -0.3 is 4.74 Å². The van der Waals surface area contributed by atoms with Gasteiger partial charge in [0.05, 0.1) is 5.41 Å². The molecule has 1 saturated carbocycles. The molecule has 1 unspecified atom stereocenters. The fraction of sp³-hybridized carbons (Fsp3) is 0.957. The number of hydrogen-bond donors (Lipinski definition) is 0. The van der Waals surface area contributed by atoms with E-state index < -0.39 is 5.41 Å². The van der Waals surface area contributed by atoms with Crippen molar-refractivity contribution in [3.8, 4) is 0 Å². The van der Waals surface area contributed by atoms with E-state index in [4.69, 9.17) is 4.74 Å². The third kappa shape index (κ3) is 7.71. The normalized spacial score (nSPS) is 24.2. The van der Waals surface area contributed by atoms with Crippen molar-refractivity contribution in [3.05, 3.63) is 0 Å². The molecule has 0 aliphatic heterocycles. The highest BCUT2D eigenvalue weighted by molar-refractivity contribution is 5.77. The number of ether oxygens (including phenoxy) is 1. The van der Waals surface area contributed by atoms with Crippen molar-refractivity contribution < 1.29 is 9.53 Å². The highest BCUT2D eigenvalue weighted by Crippen LogP contribution is 2.44. The smallest absolute Gasteiger partial charge is 0.312 e. The van der Waals surface area contributed by atoms with Gasteiger partial charge in [0.15, 0.2) is 0 Å². The van der Waals surface area contributed by atoms with E-state index in [0.29, 0.717) is 5.41 Å². The fourth-order valence-corrected chi connectivity index (χ4v) is 3.31. The van der Waals surface area contributed by atoms with Gasteiger partial charge in [-0.15, -0.1) is 0 Å². The molecule has 0 aromatic heterocycles. The lowest BCUT2D eigenvalue weighted by Gasteiger charge is -2.41. The first-order valence-corrected chi connectivity index (χ1v) is 10.4. The zero-order valence-corrected chi connectivity index (χ0v) is 19.1. The Kier molecular flexibility index (Phi) is 9.22. The predicted octanol–water partition coefficient (Wildman–Crippen LogP) is 7.26. The Bertz CT molecular complexity index is 387. The standard InChI is InChI=1S/C19H36O2.C4H10/c1-9-19(8,18(5,6)7)16(20)21-15-12-10-14(11-13-15)17(2,3)4;1-4(2)3/h14-15H,9-13H2,1-8H3;4H,1-3H3. The van der Waals surface area contributed by atoms with Crippen LogP contribution in [0.5, 0.6) is 0 Å². The monoisotopic (exact) mass is 354 g/mol. The van der Waals surface area contributed by atoms with E-state index in [2.05, 4.69) is 76.2 Å². The number of hydrogen-bond acceptors (Lipinski definition) is 2. The molecule has 0 bridgehead atoms. The Morgan fingerprint density at radius 2 is 1.32 bits per heavy atom. The Labute approximate surface area is 158 Å². The number of esters is 1. The van der Waals surface area contributed by atoms with E-state index in [1.165, 1.54) is 12.8 Å². The molecule has 0 amide bonds. The molecule has 0 radical (unpaired) electrons. The van der Waals surface area contributed by atoms with Gasteiger partial charge in [0, 0.05) is 0 Å². The second kappa shape index (κ2) is 9.42. The van der Waals surface area contributed by atoms with Gasteiger partial charge in [0.2, 0.25) is 0 Å². The summed E-state index contributed by atoms with van der Waals surface area (Å²) in [5.41, 5.74) is -0.0896. The van der Waals surface area contributed by atoms with Gasteiger partial charge in [-0.1, -0.05) is 69.2 Å². The molecule has 0 spiro atoms. The van der Waals surface area contributed by atoms with Gasteiger partial charge in [0.1, 0.15) is 6.10 Å². The minimum atomic E-state index is -0.395. The van der Waals surface area contributed by atoms with Gasteiger partial charge in [-0.05, 0) is 61.7 Å². The Hall–Kier alpha value is -0.530. The van der Waals surface area contributed by atoms with E-state index in [9.17, 15) is 4.79 Å². The maximum absolute atomic E-state index is 12.7. The zero-order valence-electron chi connectivity index (χ0n) is 19.1. The summed E-state index contributed by atoms with van der Waals surface area (Å²) in [5.74, 6) is 1.59. The number of rotatable bonds is 3. The SMILES string of the molecule is CC(C)C.CCC(C)(C(=O)OC1CCC(C(C)(C)C)CC1)C(C)(C)C. The molecule has 2 nitrogen and oxygen atoms in total. The van der Waals surface area contributed by atoms with Crippen LogP contribution >= 0.6 is 0 Å². The summed E-state index contributed by atoms with van der Waals surface area (Å²) >= 11 is 0. The molecular formula is C23H46O2. The van der Waals surface area contributed by atoms with Crippen molar-refractivity contribution in [1.29, 1.82) is 0 Å². The van der Waals surface area contributed by atoms with Crippen molar-refractivity contribution >= 4 is 5.97 Å². The Balaban J connectivity index is 0.00000129. The zero-order chi connectivity index (χ0) is 20.1. The van der Waals surface area contributed by atoms with Gasteiger partial charge in [-0.3, -0.25) is 4.79 Å². The first kappa shape index (κ1) is 24.5. The van der Waals surface area contributed by atoms with Crippen LogP contribution in [0.1, 0.15) is 108 Å². The van der Waals surface area contributed by atoms with Crippen LogP contribution in [-0.2, 0) is 9.53 Å². The van der Waals surface area contributed by atoms with E-state index in [1.54, 1.807) is 0 Å². The van der Waals surface area contributed by atoms with Crippen molar-refractivity contribution in [3.63, 3.8) is 0 Å². The summed E-state index contributed by atoms with van der Waals surface area (Å²) in [6, 6.07) is 0. The minimum Gasteiger partial charge on any atom is -0.462 e. The number of carbonyl (C=O) groups excluding carboxylic acids is 1. The third-order valence-corrected chi connectivity index (χ3v) is 5.99. The van der Waals surface area contributed by atoms with Crippen LogP contribution in [0.3, 0.4) is 0 Å². The highest BCUT2D eigenvalue weighted by atomic mass is 16.5.